The summed E-state index contributed by atoms with van der Waals surface area (Å²) in [4.78, 5) is 13.3. The van der Waals surface area contributed by atoms with Gasteiger partial charge in [-0.05, 0) is 37.3 Å². The Balaban J connectivity index is 2.07. The standard InChI is InChI=1S/C20H27NO3S/c1-14-9-11-15(12-10-14)25(23,24)21-18-8-6-5-7-16(18)17(19(21)22)13-20(2,3)4/h9-13,16,18H,5-8H2,1-4H3/b17-13+/t16-,18-/m1/s1. The fraction of sp³-hybridized carbons (Fsp3) is 0.550. The zero-order valence-corrected chi connectivity index (χ0v) is 16.3. The lowest BCUT2D eigenvalue weighted by Crippen LogP contribution is -2.41. The van der Waals surface area contributed by atoms with Crippen molar-refractivity contribution in [3.63, 3.8) is 0 Å². The van der Waals surface area contributed by atoms with E-state index in [1.807, 2.05) is 33.8 Å². The first-order valence-electron chi connectivity index (χ1n) is 8.99. The van der Waals surface area contributed by atoms with Crippen LogP contribution in [0, 0.1) is 18.3 Å². The van der Waals surface area contributed by atoms with Crippen molar-refractivity contribution < 1.29 is 13.2 Å². The zero-order valence-electron chi connectivity index (χ0n) is 15.5. The predicted octanol–water partition coefficient (Wildman–Crippen LogP) is 4.06. The van der Waals surface area contributed by atoms with Crippen LogP contribution in [0.2, 0.25) is 0 Å². The molecule has 1 heterocycles. The number of carbonyl (C=O) groups is 1. The highest BCUT2D eigenvalue weighted by atomic mass is 32.2. The Kier molecular flexibility index (Phi) is 4.56. The summed E-state index contributed by atoms with van der Waals surface area (Å²) in [5.41, 5.74) is 1.53. The van der Waals surface area contributed by atoms with Crippen molar-refractivity contribution in [1.82, 2.24) is 4.31 Å². The lowest BCUT2D eigenvalue weighted by Gasteiger charge is -2.30. The maximum Gasteiger partial charge on any atom is 0.267 e. The van der Waals surface area contributed by atoms with Gasteiger partial charge in [0.15, 0.2) is 0 Å². The molecule has 1 aromatic carbocycles. The molecule has 0 N–H and O–H groups in total. The van der Waals surface area contributed by atoms with E-state index in [9.17, 15) is 13.2 Å². The predicted molar refractivity (Wildman–Crippen MR) is 98.5 cm³/mol. The number of benzene rings is 1. The molecular formula is C20H27NO3S. The summed E-state index contributed by atoms with van der Waals surface area (Å²) >= 11 is 0. The normalized spacial score (nSPS) is 26.2. The average molecular weight is 362 g/mol. The molecule has 5 heteroatoms. The van der Waals surface area contributed by atoms with E-state index in [1.54, 1.807) is 24.3 Å². The van der Waals surface area contributed by atoms with Gasteiger partial charge in [-0.15, -0.1) is 0 Å². The van der Waals surface area contributed by atoms with Crippen LogP contribution in [-0.2, 0) is 14.8 Å². The number of nitrogens with zero attached hydrogens (tertiary/aromatic N) is 1. The zero-order chi connectivity index (χ0) is 18.4. The maximum absolute atomic E-state index is 13.2. The van der Waals surface area contributed by atoms with E-state index in [0.29, 0.717) is 5.57 Å². The fourth-order valence-electron chi connectivity index (χ4n) is 3.94. The van der Waals surface area contributed by atoms with E-state index in [2.05, 4.69) is 0 Å². The molecule has 0 unspecified atom stereocenters. The molecule has 2 atom stereocenters. The third-order valence-electron chi connectivity index (χ3n) is 5.04. The molecule has 1 aliphatic carbocycles. The second kappa shape index (κ2) is 6.27. The summed E-state index contributed by atoms with van der Waals surface area (Å²) in [5, 5.41) is 0. The lowest BCUT2D eigenvalue weighted by atomic mass is 9.80. The third kappa shape index (κ3) is 3.39. The number of fused-ring (bicyclic) bond motifs is 1. The van der Waals surface area contributed by atoms with Crippen LogP contribution in [0.15, 0.2) is 40.8 Å². The molecule has 136 valence electrons. The van der Waals surface area contributed by atoms with Crippen molar-refractivity contribution in [2.24, 2.45) is 11.3 Å². The minimum atomic E-state index is -3.82. The molecule has 4 nitrogen and oxygen atoms in total. The molecule has 1 amide bonds. The van der Waals surface area contributed by atoms with Gasteiger partial charge >= 0.3 is 0 Å². The Morgan fingerprint density at radius 3 is 2.28 bits per heavy atom. The number of hydrogen-bond donors (Lipinski definition) is 0. The lowest BCUT2D eigenvalue weighted by molar-refractivity contribution is -0.121. The van der Waals surface area contributed by atoms with Gasteiger partial charge in [0.2, 0.25) is 0 Å². The van der Waals surface area contributed by atoms with E-state index in [4.69, 9.17) is 0 Å². The summed E-state index contributed by atoms with van der Waals surface area (Å²) in [6.07, 6.45) is 5.63. The van der Waals surface area contributed by atoms with E-state index in [0.717, 1.165) is 31.2 Å². The monoisotopic (exact) mass is 361 g/mol. The highest BCUT2D eigenvalue weighted by Crippen LogP contribution is 2.44. The molecular weight excluding hydrogens is 334 g/mol. The molecule has 1 aromatic rings. The molecule has 1 aliphatic heterocycles. The number of aryl methyl sites for hydroxylation is 1. The number of hydrogen-bond acceptors (Lipinski definition) is 3. The van der Waals surface area contributed by atoms with Crippen LogP contribution in [0.5, 0.6) is 0 Å². The summed E-state index contributed by atoms with van der Waals surface area (Å²) in [6.45, 7) is 8.05. The summed E-state index contributed by atoms with van der Waals surface area (Å²) < 4.78 is 27.6. The average Bonchev–Trinajstić information content (AvgIpc) is 2.79. The first-order valence-corrected chi connectivity index (χ1v) is 10.4. The van der Waals surface area contributed by atoms with Gasteiger partial charge in [-0.3, -0.25) is 4.79 Å². The summed E-state index contributed by atoms with van der Waals surface area (Å²) in [7, 11) is -3.82. The van der Waals surface area contributed by atoms with Gasteiger partial charge in [-0.2, -0.15) is 0 Å². The second-order valence-corrected chi connectivity index (χ2v) is 10.2. The minimum Gasteiger partial charge on any atom is -0.268 e. The molecule has 0 bridgehead atoms. The van der Waals surface area contributed by atoms with Crippen LogP contribution < -0.4 is 0 Å². The van der Waals surface area contributed by atoms with E-state index >= 15 is 0 Å². The minimum absolute atomic E-state index is 0.0284. The smallest absolute Gasteiger partial charge is 0.267 e. The Bertz CT molecular complexity index is 800. The molecule has 3 rings (SSSR count). The van der Waals surface area contributed by atoms with E-state index in [1.165, 1.54) is 4.31 Å². The van der Waals surface area contributed by atoms with Crippen LogP contribution in [-0.4, -0.2) is 24.7 Å². The molecule has 25 heavy (non-hydrogen) atoms. The Morgan fingerprint density at radius 1 is 1.08 bits per heavy atom. The van der Waals surface area contributed by atoms with Crippen LogP contribution in [0.3, 0.4) is 0 Å². The van der Waals surface area contributed by atoms with Crippen molar-refractivity contribution in [2.45, 2.75) is 64.3 Å². The van der Waals surface area contributed by atoms with Crippen LogP contribution in [0.25, 0.3) is 0 Å². The van der Waals surface area contributed by atoms with Crippen molar-refractivity contribution in [3.8, 4) is 0 Å². The van der Waals surface area contributed by atoms with Gasteiger partial charge in [0.25, 0.3) is 15.9 Å². The van der Waals surface area contributed by atoms with Crippen molar-refractivity contribution in [1.29, 1.82) is 0 Å². The van der Waals surface area contributed by atoms with Gasteiger partial charge in [0.05, 0.1) is 10.9 Å². The van der Waals surface area contributed by atoms with Gasteiger partial charge in [-0.1, -0.05) is 57.4 Å². The highest BCUT2D eigenvalue weighted by molar-refractivity contribution is 7.89. The molecule has 0 aromatic heterocycles. The molecule has 0 radical (unpaired) electrons. The second-order valence-electron chi connectivity index (χ2n) is 8.34. The number of sulfonamides is 1. The number of allylic oxidation sites excluding steroid dienone is 1. The largest absolute Gasteiger partial charge is 0.268 e. The molecule has 1 saturated carbocycles. The first kappa shape index (κ1) is 18.2. The Hall–Kier alpha value is -1.62. The summed E-state index contributed by atoms with van der Waals surface area (Å²) in [6, 6.07) is 6.51. The quantitative estimate of drug-likeness (QED) is 0.747. The molecule has 1 saturated heterocycles. The van der Waals surface area contributed by atoms with Gasteiger partial charge in [0, 0.05) is 11.5 Å². The maximum atomic E-state index is 13.2. The van der Waals surface area contributed by atoms with Crippen LogP contribution >= 0.6 is 0 Å². The fourth-order valence-corrected chi connectivity index (χ4v) is 5.58. The highest BCUT2D eigenvalue weighted by Gasteiger charge is 2.50. The van der Waals surface area contributed by atoms with Gasteiger partial charge < -0.3 is 0 Å². The topological polar surface area (TPSA) is 54.5 Å². The molecule has 0 spiro atoms. The van der Waals surface area contributed by atoms with E-state index in [-0.39, 0.29) is 28.2 Å². The van der Waals surface area contributed by atoms with Crippen molar-refractivity contribution >= 4 is 15.9 Å². The SMILES string of the molecule is Cc1ccc(S(=O)(=O)N2C(=O)/C(=C/C(C)(C)C)[C@H]3CCCC[C@H]32)cc1. The summed E-state index contributed by atoms with van der Waals surface area (Å²) in [5.74, 6) is -0.298. The first-order chi connectivity index (χ1) is 11.6. The Labute approximate surface area is 151 Å². The van der Waals surface area contributed by atoms with Crippen molar-refractivity contribution in [2.75, 3.05) is 0 Å². The molecule has 2 fully saturated rings. The third-order valence-corrected chi connectivity index (χ3v) is 6.87. The van der Waals surface area contributed by atoms with Gasteiger partial charge in [-0.25, -0.2) is 12.7 Å². The van der Waals surface area contributed by atoms with E-state index < -0.39 is 10.0 Å². The number of rotatable bonds is 2. The van der Waals surface area contributed by atoms with Crippen LogP contribution in [0.4, 0.5) is 0 Å². The Morgan fingerprint density at radius 2 is 1.68 bits per heavy atom. The number of carbonyl (C=O) groups excluding carboxylic acids is 1. The number of amides is 1. The van der Waals surface area contributed by atoms with Crippen LogP contribution in [0.1, 0.15) is 52.0 Å². The molecule has 2 aliphatic rings. The van der Waals surface area contributed by atoms with Gasteiger partial charge in [0.1, 0.15) is 0 Å². The van der Waals surface area contributed by atoms with Crippen molar-refractivity contribution in [3.05, 3.63) is 41.5 Å².